The highest BCUT2D eigenvalue weighted by Crippen LogP contribution is 2.23. The number of benzene rings is 1. The molecule has 0 aliphatic carbocycles. The van der Waals surface area contributed by atoms with E-state index >= 15 is 0 Å². The van der Waals surface area contributed by atoms with Crippen molar-refractivity contribution in [1.29, 1.82) is 0 Å². The summed E-state index contributed by atoms with van der Waals surface area (Å²) in [6, 6.07) is 6.89. The molecule has 0 radical (unpaired) electrons. The summed E-state index contributed by atoms with van der Waals surface area (Å²) in [5, 5.41) is 6.84. The van der Waals surface area contributed by atoms with Crippen LogP contribution in [0.4, 0.5) is 5.69 Å². The van der Waals surface area contributed by atoms with E-state index in [1.165, 1.54) is 36.3 Å². The van der Waals surface area contributed by atoms with Crippen molar-refractivity contribution < 1.29 is 0 Å². The first-order valence-electron chi connectivity index (χ1n) is 6.20. The molecule has 0 spiro atoms. The van der Waals surface area contributed by atoms with Gasteiger partial charge >= 0.3 is 0 Å². The van der Waals surface area contributed by atoms with Crippen LogP contribution in [0.2, 0.25) is 0 Å². The van der Waals surface area contributed by atoms with Gasteiger partial charge in [-0.05, 0) is 23.6 Å². The van der Waals surface area contributed by atoms with Crippen molar-refractivity contribution in [1.82, 2.24) is 10.2 Å². The molecule has 0 saturated carbocycles. The summed E-state index contributed by atoms with van der Waals surface area (Å²) in [5.74, 6) is 0. The van der Waals surface area contributed by atoms with Crippen molar-refractivity contribution >= 4 is 5.69 Å². The van der Waals surface area contributed by atoms with Gasteiger partial charge in [-0.1, -0.05) is 12.1 Å². The van der Waals surface area contributed by atoms with Crippen LogP contribution in [0.1, 0.15) is 11.1 Å². The Morgan fingerprint density at radius 3 is 2.88 bits per heavy atom. The molecular weight excluding hydrogens is 198 g/mol. The molecule has 86 valence electrons. The fraction of sp³-hybridized carbons (Fsp3) is 0.538. The third-order valence-corrected chi connectivity index (χ3v) is 3.50. The summed E-state index contributed by atoms with van der Waals surface area (Å²) in [6.45, 7) is 6.80. The highest BCUT2D eigenvalue weighted by Gasteiger charge is 2.13. The zero-order valence-corrected chi connectivity index (χ0v) is 9.63. The van der Waals surface area contributed by atoms with Gasteiger partial charge in [0.15, 0.2) is 0 Å². The van der Waals surface area contributed by atoms with E-state index in [0.717, 1.165) is 26.2 Å². The first-order valence-corrected chi connectivity index (χ1v) is 6.20. The van der Waals surface area contributed by atoms with Crippen LogP contribution in [0, 0.1) is 0 Å². The number of hydrogen-bond donors (Lipinski definition) is 2. The molecule has 2 heterocycles. The molecule has 0 bridgehead atoms. The highest BCUT2D eigenvalue weighted by atomic mass is 15.2. The van der Waals surface area contributed by atoms with Crippen LogP contribution in [0.3, 0.4) is 0 Å². The fourth-order valence-corrected chi connectivity index (χ4v) is 2.56. The SMILES string of the molecule is c1cc2c(cc1CN1CCNCC1)NCC2. The molecule has 2 aliphatic heterocycles. The number of rotatable bonds is 2. The molecule has 3 rings (SSSR count). The van der Waals surface area contributed by atoms with E-state index in [-0.39, 0.29) is 0 Å². The van der Waals surface area contributed by atoms with E-state index in [0.29, 0.717) is 0 Å². The van der Waals surface area contributed by atoms with E-state index in [2.05, 4.69) is 33.7 Å². The summed E-state index contributed by atoms with van der Waals surface area (Å²) < 4.78 is 0. The topological polar surface area (TPSA) is 27.3 Å². The molecule has 1 saturated heterocycles. The third kappa shape index (κ3) is 2.06. The van der Waals surface area contributed by atoms with Gasteiger partial charge < -0.3 is 10.6 Å². The second-order valence-electron chi connectivity index (χ2n) is 4.69. The van der Waals surface area contributed by atoms with Gasteiger partial charge in [-0.3, -0.25) is 4.90 Å². The zero-order chi connectivity index (χ0) is 10.8. The molecule has 2 aliphatic rings. The van der Waals surface area contributed by atoms with Gasteiger partial charge in [0, 0.05) is 45.0 Å². The Labute approximate surface area is 96.8 Å². The summed E-state index contributed by atoms with van der Waals surface area (Å²) in [5.41, 5.74) is 4.27. The average molecular weight is 217 g/mol. The molecule has 1 aromatic rings. The van der Waals surface area contributed by atoms with Crippen molar-refractivity contribution in [2.45, 2.75) is 13.0 Å². The lowest BCUT2D eigenvalue weighted by molar-refractivity contribution is 0.233. The number of nitrogens with one attached hydrogen (secondary N) is 2. The first-order chi connectivity index (χ1) is 7.92. The van der Waals surface area contributed by atoms with Crippen LogP contribution in [-0.2, 0) is 13.0 Å². The predicted molar refractivity (Wildman–Crippen MR) is 66.8 cm³/mol. The maximum atomic E-state index is 3.45. The van der Waals surface area contributed by atoms with Crippen molar-refractivity contribution in [2.75, 3.05) is 38.0 Å². The lowest BCUT2D eigenvalue weighted by Crippen LogP contribution is -2.42. The van der Waals surface area contributed by atoms with E-state index in [1.807, 2.05) is 0 Å². The van der Waals surface area contributed by atoms with Gasteiger partial charge in [0.1, 0.15) is 0 Å². The van der Waals surface area contributed by atoms with Crippen LogP contribution in [0.15, 0.2) is 18.2 Å². The average Bonchev–Trinajstić information content (AvgIpc) is 2.77. The van der Waals surface area contributed by atoms with E-state index < -0.39 is 0 Å². The largest absolute Gasteiger partial charge is 0.384 e. The van der Waals surface area contributed by atoms with Crippen LogP contribution in [0.5, 0.6) is 0 Å². The zero-order valence-electron chi connectivity index (χ0n) is 9.63. The molecule has 0 amide bonds. The van der Waals surface area contributed by atoms with Crippen LogP contribution in [-0.4, -0.2) is 37.6 Å². The van der Waals surface area contributed by atoms with Crippen molar-refractivity contribution in [3.05, 3.63) is 29.3 Å². The number of nitrogens with zero attached hydrogens (tertiary/aromatic N) is 1. The van der Waals surface area contributed by atoms with Crippen molar-refractivity contribution in [3.8, 4) is 0 Å². The summed E-state index contributed by atoms with van der Waals surface area (Å²) in [7, 11) is 0. The lowest BCUT2D eigenvalue weighted by atomic mass is 10.1. The van der Waals surface area contributed by atoms with Gasteiger partial charge in [0.2, 0.25) is 0 Å². The van der Waals surface area contributed by atoms with Gasteiger partial charge in [-0.25, -0.2) is 0 Å². The summed E-state index contributed by atoms with van der Waals surface area (Å²) in [4.78, 5) is 2.52. The maximum absolute atomic E-state index is 3.45. The fourth-order valence-electron chi connectivity index (χ4n) is 2.56. The van der Waals surface area contributed by atoms with Crippen LogP contribution < -0.4 is 10.6 Å². The molecule has 3 nitrogen and oxygen atoms in total. The van der Waals surface area contributed by atoms with Gasteiger partial charge in [-0.2, -0.15) is 0 Å². The Hall–Kier alpha value is -1.06. The Balaban J connectivity index is 1.69. The maximum Gasteiger partial charge on any atom is 0.0376 e. The Bertz CT molecular complexity index is 369. The third-order valence-electron chi connectivity index (χ3n) is 3.50. The molecule has 0 aromatic heterocycles. The van der Waals surface area contributed by atoms with Gasteiger partial charge in [0.25, 0.3) is 0 Å². The second kappa shape index (κ2) is 4.44. The minimum absolute atomic E-state index is 1.09. The minimum Gasteiger partial charge on any atom is -0.384 e. The first kappa shape index (κ1) is 10.1. The number of anilines is 1. The number of piperazine rings is 1. The summed E-state index contributed by atoms with van der Waals surface area (Å²) in [6.07, 6.45) is 1.18. The van der Waals surface area contributed by atoms with Gasteiger partial charge in [0.05, 0.1) is 0 Å². The predicted octanol–water partition coefficient (Wildman–Crippen LogP) is 1.06. The number of hydrogen-bond acceptors (Lipinski definition) is 3. The van der Waals surface area contributed by atoms with Crippen LogP contribution in [0.25, 0.3) is 0 Å². The highest BCUT2D eigenvalue weighted by molar-refractivity contribution is 5.56. The Morgan fingerprint density at radius 2 is 2.00 bits per heavy atom. The Morgan fingerprint density at radius 1 is 1.12 bits per heavy atom. The smallest absolute Gasteiger partial charge is 0.0376 e. The second-order valence-corrected chi connectivity index (χ2v) is 4.69. The molecule has 1 aromatic carbocycles. The molecule has 0 unspecified atom stereocenters. The molecule has 3 heteroatoms. The van der Waals surface area contributed by atoms with Crippen molar-refractivity contribution in [3.63, 3.8) is 0 Å². The van der Waals surface area contributed by atoms with Crippen molar-refractivity contribution in [2.24, 2.45) is 0 Å². The van der Waals surface area contributed by atoms with E-state index in [4.69, 9.17) is 0 Å². The monoisotopic (exact) mass is 217 g/mol. The normalized spacial score (nSPS) is 20.5. The van der Waals surface area contributed by atoms with E-state index in [9.17, 15) is 0 Å². The quantitative estimate of drug-likeness (QED) is 0.775. The summed E-state index contributed by atoms with van der Waals surface area (Å²) >= 11 is 0. The van der Waals surface area contributed by atoms with E-state index in [1.54, 1.807) is 0 Å². The standard InChI is InChI=1S/C13H19N3/c1-2-12-3-4-15-13(12)9-11(1)10-16-7-5-14-6-8-16/h1-2,9,14-15H,3-8,10H2. The van der Waals surface area contributed by atoms with Gasteiger partial charge in [-0.15, -0.1) is 0 Å². The Kier molecular flexibility index (Phi) is 2.80. The molecule has 1 fully saturated rings. The molecule has 2 N–H and O–H groups in total. The van der Waals surface area contributed by atoms with Crippen LogP contribution >= 0.6 is 0 Å². The molecule has 16 heavy (non-hydrogen) atoms. The lowest BCUT2D eigenvalue weighted by Gasteiger charge is -2.27. The number of fused-ring (bicyclic) bond motifs is 1. The molecule has 0 atom stereocenters. The molecular formula is C13H19N3. The minimum atomic E-state index is 1.09.